The molecular weight excluding hydrogens is 292 g/mol. The van der Waals surface area contributed by atoms with Crippen LogP contribution in [0.1, 0.15) is 19.8 Å². The number of hydrogen-bond acceptors (Lipinski definition) is 4. The number of nitrogens with zero attached hydrogens (tertiary/aromatic N) is 2. The van der Waals surface area contributed by atoms with Crippen LogP contribution >= 0.6 is 23.6 Å². The summed E-state index contributed by atoms with van der Waals surface area (Å²) < 4.78 is 2.22. The standard InChI is InChI=1S/C13H16N4OS2/c1-8(9-4-5-9)14-11(18)7-17-12(15-16-13(17)19)10-3-2-6-20-10/h2-3,6,8-9H,4-5,7H2,1H3,(H,14,18)(H,16,19)/t8-/m1/s1. The fourth-order valence-electron chi connectivity index (χ4n) is 2.22. The molecule has 1 aliphatic carbocycles. The van der Waals surface area contributed by atoms with E-state index in [1.807, 2.05) is 17.5 Å². The molecule has 1 atom stereocenters. The molecule has 0 saturated heterocycles. The number of rotatable bonds is 5. The van der Waals surface area contributed by atoms with E-state index in [0.717, 1.165) is 10.7 Å². The zero-order valence-electron chi connectivity index (χ0n) is 11.1. The van der Waals surface area contributed by atoms with Crippen LogP contribution in [0.25, 0.3) is 10.7 Å². The topological polar surface area (TPSA) is 62.7 Å². The predicted molar refractivity (Wildman–Crippen MR) is 81.1 cm³/mol. The van der Waals surface area contributed by atoms with Crippen molar-refractivity contribution in [3.63, 3.8) is 0 Å². The summed E-state index contributed by atoms with van der Waals surface area (Å²) in [4.78, 5) is 13.1. The quantitative estimate of drug-likeness (QED) is 0.835. The van der Waals surface area contributed by atoms with Crippen LogP contribution in [0.5, 0.6) is 0 Å². The van der Waals surface area contributed by atoms with Gasteiger partial charge in [-0.1, -0.05) is 6.07 Å². The Morgan fingerprint density at radius 2 is 2.50 bits per heavy atom. The lowest BCUT2D eigenvalue weighted by Gasteiger charge is -2.13. The largest absolute Gasteiger partial charge is 0.352 e. The molecule has 0 spiro atoms. The molecule has 0 unspecified atom stereocenters. The molecule has 0 radical (unpaired) electrons. The van der Waals surface area contributed by atoms with Crippen molar-refractivity contribution in [2.75, 3.05) is 0 Å². The van der Waals surface area contributed by atoms with Crippen molar-refractivity contribution in [2.45, 2.75) is 32.4 Å². The minimum absolute atomic E-state index is 0.0142. The Kier molecular flexibility index (Phi) is 3.71. The van der Waals surface area contributed by atoms with Gasteiger partial charge in [-0.25, -0.2) is 0 Å². The van der Waals surface area contributed by atoms with Gasteiger partial charge in [-0.3, -0.25) is 14.5 Å². The van der Waals surface area contributed by atoms with Crippen LogP contribution in [0.2, 0.25) is 0 Å². The zero-order valence-corrected chi connectivity index (χ0v) is 12.8. The molecule has 0 aromatic carbocycles. The Morgan fingerprint density at radius 1 is 1.70 bits per heavy atom. The molecule has 0 bridgehead atoms. The van der Waals surface area contributed by atoms with Gasteiger partial charge in [0.1, 0.15) is 6.54 Å². The highest BCUT2D eigenvalue weighted by Crippen LogP contribution is 2.32. The van der Waals surface area contributed by atoms with Gasteiger partial charge >= 0.3 is 0 Å². The highest BCUT2D eigenvalue weighted by Gasteiger charge is 2.29. The molecule has 5 nitrogen and oxygen atoms in total. The number of aromatic nitrogens is 3. The molecule has 0 aliphatic heterocycles. The van der Waals surface area contributed by atoms with Crippen LogP contribution in [0.4, 0.5) is 0 Å². The summed E-state index contributed by atoms with van der Waals surface area (Å²) in [6.07, 6.45) is 2.43. The first-order chi connectivity index (χ1) is 9.65. The second-order valence-corrected chi connectivity index (χ2v) is 6.44. The number of aromatic amines is 1. The van der Waals surface area contributed by atoms with E-state index in [4.69, 9.17) is 12.2 Å². The van der Waals surface area contributed by atoms with Crippen LogP contribution in [0, 0.1) is 10.7 Å². The monoisotopic (exact) mass is 308 g/mol. The van der Waals surface area contributed by atoms with E-state index < -0.39 is 0 Å². The van der Waals surface area contributed by atoms with Crippen molar-refractivity contribution >= 4 is 29.5 Å². The Labute approximate surface area is 126 Å². The van der Waals surface area contributed by atoms with Crippen molar-refractivity contribution in [3.05, 3.63) is 22.3 Å². The third-order valence-corrected chi connectivity index (χ3v) is 4.70. The summed E-state index contributed by atoms with van der Waals surface area (Å²) >= 11 is 6.79. The average Bonchev–Trinajstić information content (AvgIpc) is 3.03. The summed E-state index contributed by atoms with van der Waals surface area (Å²) in [5.41, 5.74) is 0. The van der Waals surface area contributed by atoms with Crippen LogP contribution in [0.15, 0.2) is 17.5 Å². The smallest absolute Gasteiger partial charge is 0.240 e. The first kappa shape index (κ1) is 13.5. The van der Waals surface area contributed by atoms with Gasteiger partial charge in [0.25, 0.3) is 0 Å². The van der Waals surface area contributed by atoms with Gasteiger partial charge in [-0.05, 0) is 49.3 Å². The minimum Gasteiger partial charge on any atom is -0.352 e. The van der Waals surface area contributed by atoms with Gasteiger partial charge in [-0.2, -0.15) is 5.10 Å². The molecule has 7 heteroatoms. The van der Waals surface area contributed by atoms with E-state index in [1.165, 1.54) is 12.8 Å². The minimum atomic E-state index is -0.0142. The molecule has 3 rings (SSSR count). The third kappa shape index (κ3) is 2.83. The number of nitrogens with one attached hydrogen (secondary N) is 2. The van der Waals surface area contributed by atoms with Gasteiger partial charge in [-0.15, -0.1) is 11.3 Å². The van der Waals surface area contributed by atoms with E-state index >= 15 is 0 Å². The Balaban J connectivity index is 1.75. The fourth-order valence-corrected chi connectivity index (χ4v) is 3.13. The van der Waals surface area contributed by atoms with Crippen molar-refractivity contribution in [2.24, 2.45) is 5.92 Å². The van der Waals surface area contributed by atoms with Crippen LogP contribution in [0.3, 0.4) is 0 Å². The number of carbonyl (C=O) groups is 1. The second kappa shape index (κ2) is 5.49. The second-order valence-electron chi connectivity index (χ2n) is 5.11. The molecule has 2 N–H and O–H groups in total. The lowest BCUT2D eigenvalue weighted by atomic mass is 10.2. The molecule has 1 saturated carbocycles. The van der Waals surface area contributed by atoms with E-state index in [2.05, 4.69) is 22.4 Å². The van der Waals surface area contributed by atoms with Gasteiger partial charge < -0.3 is 5.32 Å². The molecule has 20 heavy (non-hydrogen) atoms. The summed E-state index contributed by atoms with van der Waals surface area (Å²) in [7, 11) is 0. The molecule has 106 valence electrons. The Bertz CT molecular complexity index is 654. The van der Waals surface area contributed by atoms with Crippen LogP contribution in [-0.4, -0.2) is 26.7 Å². The van der Waals surface area contributed by atoms with Gasteiger partial charge in [0.15, 0.2) is 10.6 Å². The van der Waals surface area contributed by atoms with Crippen LogP contribution < -0.4 is 5.32 Å². The molecule has 2 aromatic heterocycles. The summed E-state index contributed by atoms with van der Waals surface area (Å²) in [6.45, 7) is 2.27. The van der Waals surface area contributed by atoms with Gasteiger partial charge in [0, 0.05) is 6.04 Å². The maximum Gasteiger partial charge on any atom is 0.240 e. The number of H-pyrrole nitrogens is 1. The lowest BCUT2D eigenvalue weighted by molar-refractivity contribution is -0.122. The third-order valence-electron chi connectivity index (χ3n) is 3.52. The summed E-state index contributed by atoms with van der Waals surface area (Å²) in [6, 6.07) is 4.17. The number of amides is 1. The lowest BCUT2D eigenvalue weighted by Crippen LogP contribution is -2.36. The van der Waals surface area contributed by atoms with Crippen molar-refractivity contribution in [1.29, 1.82) is 0 Å². The molecule has 2 heterocycles. The van der Waals surface area contributed by atoms with E-state index in [0.29, 0.717) is 10.7 Å². The van der Waals surface area contributed by atoms with E-state index in [9.17, 15) is 4.79 Å². The van der Waals surface area contributed by atoms with Crippen molar-refractivity contribution in [1.82, 2.24) is 20.1 Å². The molecular formula is C13H16N4OS2. The van der Waals surface area contributed by atoms with Gasteiger partial charge in [0.05, 0.1) is 4.88 Å². The highest BCUT2D eigenvalue weighted by atomic mass is 32.1. The van der Waals surface area contributed by atoms with E-state index in [1.54, 1.807) is 15.9 Å². The normalized spacial score (nSPS) is 16.1. The maximum absolute atomic E-state index is 12.1. The van der Waals surface area contributed by atoms with Crippen LogP contribution in [-0.2, 0) is 11.3 Å². The number of carbonyl (C=O) groups excluding carboxylic acids is 1. The zero-order chi connectivity index (χ0) is 14.1. The Morgan fingerprint density at radius 3 is 3.15 bits per heavy atom. The van der Waals surface area contributed by atoms with Crippen molar-refractivity contribution < 1.29 is 4.79 Å². The first-order valence-corrected chi connectivity index (χ1v) is 7.92. The van der Waals surface area contributed by atoms with E-state index in [-0.39, 0.29) is 18.5 Å². The fraction of sp³-hybridized carbons (Fsp3) is 0.462. The van der Waals surface area contributed by atoms with Crippen molar-refractivity contribution in [3.8, 4) is 10.7 Å². The first-order valence-electron chi connectivity index (χ1n) is 6.63. The molecule has 1 fully saturated rings. The summed E-state index contributed by atoms with van der Waals surface area (Å²) in [5.74, 6) is 1.35. The number of thiophene rings is 1. The predicted octanol–water partition coefficient (Wildman–Crippen LogP) is 2.58. The summed E-state index contributed by atoms with van der Waals surface area (Å²) in [5, 5.41) is 12.0. The SMILES string of the molecule is C[C@@H](NC(=O)Cn1c(-c2cccs2)n[nH]c1=S)C1CC1. The van der Waals surface area contributed by atoms with Gasteiger partial charge in [0.2, 0.25) is 5.91 Å². The number of hydrogen-bond donors (Lipinski definition) is 2. The molecule has 2 aromatic rings. The maximum atomic E-state index is 12.1. The molecule has 1 aliphatic rings. The highest BCUT2D eigenvalue weighted by molar-refractivity contribution is 7.71. The average molecular weight is 308 g/mol. The molecule has 1 amide bonds. The Hall–Kier alpha value is -1.47.